The maximum absolute atomic E-state index is 12.0. The Hall–Kier alpha value is -0.0500. The molecule has 0 atom stereocenters. The van der Waals surface area contributed by atoms with Crippen LogP contribution >= 0.6 is 15.9 Å². The lowest BCUT2D eigenvalue weighted by Gasteiger charge is -2.23. The van der Waals surface area contributed by atoms with E-state index in [1.54, 1.807) is 0 Å². The third-order valence-corrected chi connectivity index (χ3v) is 3.52. The summed E-state index contributed by atoms with van der Waals surface area (Å²) < 4.78 is 0. The van der Waals surface area contributed by atoms with Crippen molar-refractivity contribution in [1.29, 1.82) is 0 Å². The first-order chi connectivity index (χ1) is 6.79. The van der Waals surface area contributed by atoms with Crippen LogP contribution in [0.3, 0.4) is 0 Å². The molecular weight excluding hydrogens is 242 g/mol. The molecule has 0 N–H and O–H groups in total. The van der Waals surface area contributed by atoms with E-state index in [2.05, 4.69) is 22.9 Å². The zero-order valence-corrected chi connectivity index (χ0v) is 10.6. The SMILES string of the molecule is CCN(CCCBr)C(=O)C1CCCC1. The average molecular weight is 262 g/mol. The van der Waals surface area contributed by atoms with Gasteiger partial charge in [0.15, 0.2) is 0 Å². The molecule has 0 heterocycles. The Bertz CT molecular complexity index is 178. The molecule has 0 bridgehead atoms. The fourth-order valence-electron chi connectivity index (χ4n) is 2.11. The number of nitrogens with zero attached hydrogens (tertiary/aromatic N) is 1. The maximum atomic E-state index is 12.0. The molecule has 82 valence electrons. The fourth-order valence-corrected chi connectivity index (χ4v) is 2.36. The lowest BCUT2D eigenvalue weighted by atomic mass is 10.1. The molecule has 1 fully saturated rings. The van der Waals surface area contributed by atoms with Crippen molar-refractivity contribution in [2.75, 3.05) is 18.4 Å². The highest BCUT2D eigenvalue weighted by Gasteiger charge is 2.25. The van der Waals surface area contributed by atoms with Crippen LogP contribution in [0.2, 0.25) is 0 Å². The number of hydrogen-bond acceptors (Lipinski definition) is 1. The van der Waals surface area contributed by atoms with Crippen molar-refractivity contribution in [2.45, 2.75) is 39.0 Å². The predicted octanol–water partition coefficient (Wildman–Crippen LogP) is 2.81. The van der Waals surface area contributed by atoms with Gasteiger partial charge in [-0.15, -0.1) is 0 Å². The van der Waals surface area contributed by atoms with Crippen LogP contribution < -0.4 is 0 Å². The molecule has 0 aromatic heterocycles. The van der Waals surface area contributed by atoms with Gasteiger partial charge in [0.1, 0.15) is 0 Å². The van der Waals surface area contributed by atoms with E-state index >= 15 is 0 Å². The van der Waals surface area contributed by atoms with Gasteiger partial charge in [-0.2, -0.15) is 0 Å². The zero-order valence-electron chi connectivity index (χ0n) is 8.97. The summed E-state index contributed by atoms with van der Waals surface area (Å²) >= 11 is 3.40. The monoisotopic (exact) mass is 261 g/mol. The molecule has 0 aromatic carbocycles. The number of hydrogen-bond donors (Lipinski definition) is 0. The van der Waals surface area contributed by atoms with E-state index in [1.807, 2.05) is 4.90 Å². The third kappa shape index (κ3) is 3.26. The maximum Gasteiger partial charge on any atom is 0.225 e. The third-order valence-electron chi connectivity index (χ3n) is 2.96. The molecule has 1 aliphatic carbocycles. The minimum absolute atomic E-state index is 0.338. The Morgan fingerprint density at radius 2 is 2.07 bits per heavy atom. The van der Waals surface area contributed by atoms with Gasteiger partial charge in [0.05, 0.1) is 0 Å². The van der Waals surface area contributed by atoms with E-state index in [0.717, 1.165) is 37.7 Å². The molecule has 0 saturated heterocycles. The highest BCUT2D eigenvalue weighted by molar-refractivity contribution is 9.09. The molecule has 0 aliphatic heterocycles. The Balaban J connectivity index is 2.37. The highest BCUT2D eigenvalue weighted by atomic mass is 79.9. The van der Waals surface area contributed by atoms with Crippen molar-refractivity contribution in [3.05, 3.63) is 0 Å². The Kier molecular flexibility index (Phi) is 5.53. The molecule has 2 nitrogen and oxygen atoms in total. The molecule has 1 amide bonds. The van der Waals surface area contributed by atoms with Crippen LogP contribution in [-0.4, -0.2) is 29.2 Å². The first kappa shape index (κ1) is 12.0. The van der Waals surface area contributed by atoms with Crippen molar-refractivity contribution < 1.29 is 4.79 Å². The molecule has 1 rings (SSSR count). The number of carbonyl (C=O) groups is 1. The lowest BCUT2D eigenvalue weighted by Crippen LogP contribution is -2.36. The quantitative estimate of drug-likeness (QED) is 0.698. The van der Waals surface area contributed by atoms with Crippen molar-refractivity contribution in [1.82, 2.24) is 4.90 Å². The summed E-state index contributed by atoms with van der Waals surface area (Å²) in [4.78, 5) is 14.0. The van der Waals surface area contributed by atoms with Gasteiger partial charge in [-0.1, -0.05) is 28.8 Å². The number of halogens is 1. The Morgan fingerprint density at radius 1 is 1.43 bits per heavy atom. The van der Waals surface area contributed by atoms with Crippen LogP contribution in [0, 0.1) is 5.92 Å². The zero-order chi connectivity index (χ0) is 10.4. The molecule has 0 radical (unpaired) electrons. The second-order valence-electron chi connectivity index (χ2n) is 3.94. The van der Waals surface area contributed by atoms with E-state index < -0.39 is 0 Å². The molecule has 0 aromatic rings. The summed E-state index contributed by atoms with van der Waals surface area (Å²) in [5.74, 6) is 0.733. The van der Waals surface area contributed by atoms with Gasteiger partial charge in [0, 0.05) is 24.3 Å². The minimum atomic E-state index is 0.338. The van der Waals surface area contributed by atoms with E-state index in [0.29, 0.717) is 11.8 Å². The summed E-state index contributed by atoms with van der Waals surface area (Å²) in [6.07, 6.45) is 5.78. The minimum Gasteiger partial charge on any atom is -0.343 e. The summed E-state index contributed by atoms with van der Waals surface area (Å²) in [6.45, 7) is 3.85. The van der Waals surface area contributed by atoms with Gasteiger partial charge < -0.3 is 4.90 Å². The summed E-state index contributed by atoms with van der Waals surface area (Å²) in [5, 5.41) is 0.988. The molecule has 3 heteroatoms. The van der Waals surface area contributed by atoms with Crippen molar-refractivity contribution >= 4 is 21.8 Å². The second-order valence-corrected chi connectivity index (χ2v) is 4.73. The first-order valence-electron chi connectivity index (χ1n) is 5.64. The van der Waals surface area contributed by atoms with Crippen LogP contribution in [0.1, 0.15) is 39.0 Å². The van der Waals surface area contributed by atoms with Crippen LogP contribution in [0.15, 0.2) is 0 Å². The Labute approximate surface area is 95.2 Å². The number of alkyl halides is 1. The normalized spacial score (nSPS) is 17.3. The average Bonchev–Trinajstić information content (AvgIpc) is 2.71. The van der Waals surface area contributed by atoms with Crippen molar-refractivity contribution in [2.24, 2.45) is 5.92 Å². The molecule has 1 aliphatic rings. The highest BCUT2D eigenvalue weighted by Crippen LogP contribution is 2.26. The van der Waals surface area contributed by atoms with Crippen LogP contribution in [0.25, 0.3) is 0 Å². The molecular formula is C11H20BrNO. The molecule has 0 unspecified atom stereocenters. The fraction of sp³-hybridized carbons (Fsp3) is 0.909. The standard InChI is InChI=1S/C11H20BrNO/c1-2-13(9-5-8-12)11(14)10-6-3-4-7-10/h10H,2-9H2,1H3. The van der Waals surface area contributed by atoms with Gasteiger partial charge in [0.2, 0.25) is 5.91 Å². The molecule has 0 spiro atoms. The van der Waals surface area contributed by atoms with Crippen LogP contribution in [-0.2, 0) is 4.79 Å². The van der Waals surface area contributed by atoms with Crippen LogP contribution in [0.5, 0.6) is 0 Å². The van der Waals surface area contributed by atoms with E-state index in [9.17, 15) is 4.79 Å². The van der Waals surface area contributed by atoms with E-state index in [-0.39, 0.29) is 0 Å². The van der Waals surface area contributed by atoms with Gasteiger partial charge in [-0.05, 0) is 26.2 Å². The van der Waals surface area contributed by atoms with Crippen molar-refractivity contribution in [3.8, 4) is 0 Å². The van der Waals surface area contributed by atoms with E-state index in [4.69, 9.17) is 0 Å². The topological polar surface area (TPSA) is 20.3 Å². The number of carbonyl (C=O) groups excluding carboxylic acids is 1. The second kappa shape index (κ2) is 6.44. The smallest absolute Gasteiger partial charge is 0.225 e. The van der Waals surface area contributed by atoms with Crippen molar-refractivity contribution in [3.63, 3.8) is 0 Å². The lowest BCUT2D eigenvalue weighted by molar-refractivity contribution is -0.135. The number of amides is 1. The molecule has 1 saturated carbocycles. The summed E-state index contributed by atoms with van der Waals surface area (Å²) in [6, 6.07) is 0. The van der Waals surface area contributed by atoms with E-state index in [1.165, 1.54) is 12.8 Å². The predicted molar refractivity (Wildman–Crippen MR) is 62.6 cm³/mol. The van der Waals surface area contributed by atoms with Gasteiger partial charge in [0.25, 0.3) is 0 Å². The van der Waals surface area contributed by atoms with Gasteiger partial charge in [-0.3, -0.25) is 4.79 Å². The first-order valence-corrected chi connectivity index (χ1v) is 6.76. The Morgan fingerprint density at radius 3 is 2.57 bits per heavy atom. The summed E-state index contributed by atoms with van der Waals surface area (Å²) in [5.41, 5.74) is 0. The van der Waals surface area contributed by atoms with Crippen LogP contribution in [0.4, 0.5) is 0 Å². The summed E-state index contributed by atoms with van der Waals surface area (Å²) in [7, 11) is 0. The van der Waals surface area contributed by atoms with Gasteiger partial charge in [-0.25, -0.2) is 0 Å². The molecule has 14 heavy (non-hydrogen) atoms. The van der Waals surface area contributed by atoms with Gasteiger partial charge >= 0.3 is 0 Å². The largest absolute Gasteiger partial charge is 0.343 e. The number of rotatable bonds is 5.